The van der Waals surface area contributed by atoms with Gasteiger partial charge in [-0.1, -0.05) is 12.1 Å². The molecule has 0 spiro atoms. The third-order valence-corrected chi connectivity index (χ3v) is 8.32. The normalized spacial score (nSPS) is 17.4. The van der Waals surface area contributed by atoms with E-state index >= 15 is 0 Å². The Kier molecular flexibility index (Phi) is 9.82. The fraction of sp³-hybridized carbons (Fsp3) is 0.382. The van der Waals surface area contributed by atoms with Gasteiger partial charge in [-0.05, 0) is 75.8 Å². The van der Waals surface area contributed by atoms with Crippen molar-refractivity contribution in [2.24, 2.45) is 0 Å². The maximum atomic E-state index is 13.8. The quantitative estimate of drug-likeness (QED) is 0.177. The van der Waals surface area contributed by atoms with Gasteiger partial charge >= 0.3 is 0 Å². The van der Waals surface area contributed by atoms with Crippen LogP contribution in [0.2, 0.25) is 0 Å². The summed E-state index contributed by atoms with van der Waals surface area (Å²) in [7, 11) is 0. The molecule has 1 aliphatic carbocycles. The number of benzene rings is 1. The van der Waals surface area contributed by atoms with Crippen LogP contribution in [-0.2, 0) is 9.59 Å². The second-order valence-corrected chi connectivity index (χ2v) is 11.4. The molecule has 2 saturated heterocycles. The molecule has 0 bridgehead atoms. The Morgan fingerprint density at radius 1 is 1.02 bits per heavy atom. The summed E-state index contributed by atoms with van der Waals surface area (Å²) in [6.45, 7) is 6.06. The first-order chi connectivity index (χ1) is 21.8. The fourth-order valence-corrected chi connectivity index (χ4v) is 5.90. The second-order valence-electron chi connectivity index (χ2n) is 11.4. The first-order valence-electron chi connectivity index (χ1n) is 15.4. The molecule has 1 aromatic rings. The lowest BCUT2D eigenvalue weighted by atomic mass is 10.0. The highest BCUT2D eigenvalue weighted by Gasteiger charge is 2.32. The molecule has 5 rings (SSSR count). The zero-order valence-electron chi connectivity index (χ0n) is 25.7. The van der Waals surface area contributed by atoms with Crippen LogP contribution in [0.4, 0.5) is 5.69 Å². The summed E-state index contributed by atoms with van der Waals surface area (Å²) in [4.78, 5) is 56.2. The summed E-state index contributed by atoms with van der Waals surface area (Å²) in [6.07, 6.45) is 7.01. The third-order valence-electron chi connectivity index (χ3n) is 8.32. The van der Waals surface area contributed by atoms with Gasteiger partial charge in [0.25, 0.3) is 5.91 Å². The molecule has 2 fully saturated rings. The Morgan fingerprint density at radius 2 is 1.73 bits per heavy atom. The van der Waals surface area contributed by atoms with Crippen LogP contribution in [-0.4, -0.2) is 72.1 Å². The minimum atomic E-state index is -0.769. The number of fused-ring (bicyclic) bond motifs is 1. The van der Waals surface area contributed by atoms with Crippen molar-refractivity contribution < 1.29 is 23.6 Å². The molecule has 4 aliphatic rings. The van der Waals surface area contributed by atoms with Crippen LogP contribution in [0.1, 0.15) is 65.3 Å². The van der Waals surface area contributed by atoms with Crippen LogP contribution < -0.4 is 16.0 Å². The van der Waals surface area contributed by atoms with Gasteiger partial charge in [0.2, 0.25) is 17.6 Å². The number of hydrogen-bond acceptors (Lipinski definition) is 8. The van der Waals surface area contributed by atoms with E-state index in [1.807, 2.05) is 19.9 Å². The van der Waals surface area contributed by atoms with E-state index in [0.717, 1.165) is 42.4 Å². The molecule has 0 aromatic heterocycles. The molecule has 45 heavy (non-hydrogen) atoms. The van der Waals surface area contributed by atoms with Crippen molar-refractivity contribution >= 4 is 29.2 Å². The summed E-state index contributed by atoms with van der Waals surface area (Å²) < 4.78 is 5.33. The van der Waals surface area contributed by atoms with E-state index in [-0.39, 0.29) is 41.2 Å². The topological polar surface area (TPSA) is 148 Å². The van der Waals surface area contributed by atoms with Crippen LogP contribution in [0, 0.1) is 18.3 Å². The molecule has 11 heteroatoms. The molecular weight excluding hydrogens is 572 g/mol. The molecule has 0 saturated carbocycles. The standard InChI is InChI=1S/C34H38N6O5/c1-3-36-33(43)24-11-9-23(10-12-24)31(42)27(19-35)32(38-30-22(2)18-25-21-45-17-13-26(25)30)37-28-8-4-5-16-40(34(28)44)20-29(41)39-14-6-7-15-39/h9-13,17-18,21,28,37-38H,3-8,14-16,20H2,1-2H3,(H,36,43)/t28-/m0/s1. The average Bonchev–Trinajstić information content (AvgIpc) is 3.66. The van der Waals surface area contributed by atoms with Crippen molar-refractivity contribution in [2.45, 2.75) is 52.0 Å². The third kappa shape index (κ3) is 7.01. The highest BCUT2D eigenvalue weighted by atomic mass is 16.3. The number of rotatable bonds is 10. The summed E-state index contributed by atoms with van der Waals surface area (Å²) in [5.41, 5.74) is 3.56. The van der Waals surface area contributed by atoms with Gasteiger partial charge in [0.1, 0.15) is 23.5 Å². The number of allylic oxidation sites excluding steroid dienone is 1. The highest BCUT2D eigenvalue weighted by molar-refractivity contribution is 6.12. The number of carbonyl (C=O) groups excluding carboxylic acids is 4. The van der Waals surface area contributed by atoms with Crippen molar-refractivity contribution in [3.63, 3.8) is 0 Å². The van der Waals surface area contributed by atoms with Crippen LogP contribution in [0.15, 0.2) is 64.7 Å². The number of nitrogens with zero attached hydrogens (tertiary/aromatic N) is 3. The van der Waals surface area contributed by atoms with Crippen LogP contribution in [0.5, 0.6) is 0 Å². The van der Waals surface area contributed by atoms with E-state index in [1.54, 1.807) is 28.4 Å². The molecule has 0 radical (unpaired) electrons. The van der Waals surface area contributed by atoms with Crippen LogP contribution >= 0.6 is 0 Å². The van der Waals surface area contributed by atoms with E-state index in [0.29, 0.717) is 43.9 Å². The lowest BCUT2D eigenvalue weighted by molar-refractivity contribution is -0.140. The van der Waals surface area contributed by atoms with Gasteiger partial charge in [-0.25, -0.2) is 0 Å². The summed E-state index contributed by atoms with van der Waals surface area (Å²) in [6, 6.07) is 11.1. The van der Waals surface area contributed by atoms with Crippen molar-refractivity contribution in [3.8, 4) is 17.2 Å². The Labute approximate surface area is 262 Å². The number of Topliss-reactive ketones (excluding diaryl/α,β-unsaturated/α-hetero) is 1. The molecular formula is C34H38N6O5. The summed E-state index contributed by atoms with van der Waals surface area (Å²) in [5.74, 6) is -1.05. The number of aryl methyl sites for hydroxylation is 1. The molecule has 3 N–H and O–H groups in total. The lowest BCUT2D eigenvalue weighted by Gasteiger charge is -2.28. The smallest absolute Gasteiger partial charge is 0.251 e. The number of amides is 3. The largest absolute Gasteiger partial charge is 0.472 e. The molecule has 1 aromatic carbocycles. The van der Waals surface area contributed by atoms with E-state index < -0.39 is 11.8 Å². The molecule has 0 unspecified atom stereocenters. The predicted octanol–water partition coefficient (Wildman–Crippen LogP) is 4.07. The van der Waals surface area contributed by atoms with Gasteiger partial charge in [0, 0.05) is 48.4 Å². The van der Waals surface area contributed by atoms with Gasteiger partial charge in [-0.15, -0.1) is 0 Å². The Morgan fingerprint density at radius 3 is 2.44 bits per heavy atom. The summed E-state index contributed by atoms with van der Waals surface area (Å²) in [5, 5.41) is 19.6. The number of nitriles is 1. The molecule has 3 heterocycles. The SMILES string of the molecule is CCNC(=O)c1ccc(C(=O)C(C#N)=C(Nc2c(C)cc3coccc2-3)N[C@H]2CCCCN(CC(=O)N3CCCC3)C2=O)cc1. The minimum Gasteiger partial charge on any atom is -0.472 e. The number of anilines is 1. The number of hydrogen-bond donors (Lipinski definition) is 3. The Bertz CT molecular complexity index is 1610. The molecule has 3 amide bonds. The zero-order chi connectivity index (χ0) is 31.9. The summed E-state index contributed by atoms with van der Waals surface area (Å²) >= 11 is 0. The Balaban J connectivity index is 1.48. The van der Waals surface area contributed by atoms with Gasteiger partial charge in [0.15, 0.2) is 0 Å². The molecule has 1 atom stereocenters. The fourth-order valence-electron chi connectivity index (χ4n) is 5.90. The average molecular weight is 611 g/mol. The zero-order valence-corrected chi connectivity index (χ0v) is 25.7. The lowest BCUT2D eigenvalue weighted by Crippen LogP contribution is -2.49. The molecule has 234 valence electrons. The van der Waals surface area contributed by atoms with Gasteiger partial charge in [-0.2, -0.15) is 5.26 Å². The van der Waals surface area contributed by atoms with Crippen molar-refractivity contribution in [1.29, 1.82) is 5.26 Å². The van der Waals surface area contributed by atoms with E-state index in [4.69, 9.17) is 4.42 Å². The first kappa shape index (κ1) is 31.3. The number of nitrogens with one attached hydrogen (secondary N) is 3. The number of likely N-dealkylation sites (tertiary alicyclic amines) is 2. The van der Waals surface area contributed by atoms with Crippen molar-refractivity contribution in [3.05, 3.63) is 77.0 Å². The minimum absolute atomic E-state index is 0.00157. The molecule has 3 aliphatic heterocycles. The van der Waals surface area contributed by atoms with Crippen LogP contribution in [0.3, 0.4) is 0 Å². The monoisotopic (exact) mass is 610 g/mol. The number of ketones is 1. The first-order valence-corrected chi connectivity index (χ1v) is 15.4. The Hall–Kier alpha value is -5.11. The maximum Gasteiger partial charge on any atom is 0.251 e. The van der Waals surface area contributed by atoms with E-state index in [9.17, 15) is 24.4 Å². The maximum absolute atomic E-state index is 13.8. The van der Waals surface area contributed by atoms with Gasteiger partial charge in [-0.3, -0.25) is 19.2 Å². The van der Waals surface area contributed by atoms with E-state index in [1.165, 1.54) is 24.3 Å². The second kappa shape index (κ2) is 14.1. The molecule has 11 nitrogen and oxygen atoms in total. The van der Waals surface area contributed by atoms with Gasteiger partial charge in [0.05, 0.1) is 24.8 Å². The van der Waals surface area contributed by atoms with E-state index in [2.05, 4.69) is 22.0 Å². The predicted molar refractivity (Wildman–Crippen MR) is 168 cm³/mol. The van der Waals surface area contributed by atoms with Gasteiger partial charge < -0.3 is 30.2 Å². The number of carbonyl (C=O) groups is 4. The van der Waals surface area contributed by atoms with Crippen molar-refractivity contribution in [1.82, 2.24) is 20.4 Å². The van der Waals surface area contributed by atoms with Crippen LogP contribution in [0.25, 0.3) is 11.1 Å². The van der Waals surface area contributed by atoms with Crippen molar-refractivity contribution in [2.75, 3.05) is 38.0 Å². The highest BCUT2D eigenvalue weighted by Crippen LogP contribution is 2.37.